The third-order valence-corrected chi connectivity index (χ3v) is 2.99. The first kappa shape index (κ1) is 12.4. The first-order valence-corrected chi connectivity index (χ1v) is 6.28. The number of hydrogen-bond acceptors (Lipinski definition) is 3. The first-order chi connectivity index (χ1) is 7.22. The van der Waals surface area contributed by atoms with E-state index in [1.54, 1.807) is 11.8 Å². The van der Waals surface area contributed by atoms with Crippen molar-refractivity contribution in [3.63, 3.8) is 0 Å². The van der Waals surface area contributed by atoms with E-state index in [4.69, 9.17) is 21.7 Å². The van der Waals surface area contributed by atoms with Crippen molar-refractivity contribution in [2.75, 3.05) is 12.4 Å². The molecular formula is C11H14ClNOS. The molecule has 1 rings (SSSR count). The van der Waals surface area contributed by atoms with Gasteiger partial charge in [0.25, 0.3) is 0 Å². The summed E-state index contributed by atoms with van der Waals surface area (Å²) in [6.45, 7) is 2.46. The van der Waals surface area contributed by atoms with Crippen LogP contribution in [0.15, 0.2) is 24.3 Å². The van der Waals surface area contributed by atoms with Crippen LogP contribution in [0.5, 0.6) is 0 Å². The topological polar surface area (TPSA) is 33.1 Å². The molecule has 2 nitrogen and oxygen atoms in total. The molecule has 1 N–H and O–H groups in total. The standard InChI is InChI=1S/C11H14ClNOS/c1-2-14-11(13)8-15-7-9-3-5-10(12)6-4-9/h3-6,13H,2,7-8H2,1H3. The maximum absolute atomic E-state index is 7.42. The summed E-state index contributed by atoms with van der Waals surface area (Å²) in [5, 5.41) is 8.18. The van der Waals surface area contributed by atoms with Gasteiger partial charge < -0.3 is 4.74 Å². The van der Waals surface area contributed by atoms with Crippen molar-refractivity contribution in [2.24, 2.45) is 0 Å². The summed E-state index contributed by atoms with van der Waals surface area (Å²) in [4.78, 5) is 0. The van der Waals surface area contributed by atoms with Crippen molar-refractivity contribution in [3.8, 4) is 0 Å². The molecular weight excluding hydrogens is 230 g/mol. The number of rotatable bonds is 5. The Morgan fingerprint density at radius 3 is 2.67 bits per heavy atom. The van der Waals surface area contributed by atoms with E-state index in [-0.39, 0.29) is 0 Å². The fourth-order valence-electron chi connectivity index (χ4n) is 1.06. The quantitative estimate of drug-likeness (QED) is 0.633. The zero-order valence-electron chi connectivity index (χ0n) is 8.63. The summed E-state index contributed by atoms with van der Waals surface area (Å²) in [7, 11) is 0. The average Bonchev–Trinajstić information content (AvgIpc) is 2.21. The van der Waals surface area contributed by atoms with Crippen molar-refractivity contribution in [1.82, 2.24) is 0 Å². The zero-order chi connectivity index (χ0) is 11.1. The van der Waals surface area contributed by atoms with Crippen LogP contribution in [0.2, 0.25) is 5.02 Å². The van der Waals surface area contributed by atoms with Crippen LogP contribution in [-0.2, 0) is 10.5 Å². The second-order valence-corrected chi connectivity index (χ2v) is 4.40. The molecule has 1 aromatic rings. The maximum atomic E-state index is 7.42. The SMILES string of the molecule is CCOC(=N)CSCc1ccc(Cl)cc1. The smallest absolute Gasteiger partial charge is 0.190 e. The number of hydrogen-bond donors (Lipinski definition) is 1. The molecule has 0 amide bonds. The molecule has 1 aromatic carbocycles. The van der Waals surface area contributed by atoms with Crippen molar-refractivity contribution in [1.29, 1.82) is 5.41 Å². The largest absolute Gasteiger partial charge is 0.481 e. The van der Waals surface area contributed by atoms with Gasteiger partial charge in [0.15, 0.2) is 5.90 Å². The van der Waals surface area contributed by atoms with Gasteiger partial charge in [-0.1, -0.05) is 23.7 Å². The monoisotopic (exact) mass is 243 g/mol. The van der Waals surface area contributed by atoms with E-state index in [2.05, 4.69) is 0 Å². The van der Waals surface area contributed by atoms with E-state index in [9.17, 15) is 0 Å². The molecule has 0 fully saturated rings. The molecule has 4 heteroatoms. The molecule has 0 spiro atoms. The van der Waals surface area contributed by atoms with Gasteiger partial charge in [0, 0.05) is 10.8 Å². The van der Waals surface area contributed by atoms with E-state index >= 15 is 0 Å². The first-order valence-electron chi connectivity index (χ1n) is 4.74. The van der Waals surface area contributed by atoms with Crippen LogP contribution in [0.25, 0.3) is 0 Å². The summed E-state index contributed by atoms with van der Waals surface area (Å²) < 4.78 is 5.04. The number of halogens is 1. The van der Waals surface area contributed by atoms with E-state index in [1.165, 1.54) is 5.56 Å². The van der Waals surface area contributed by atoms with Gasteiger partial charge in [0.1, 0.15) is 0 Å². The second kappa shape index (κ2) is 6.75. The minimum absolute atomic E-state index is 0.344. The summed E-state index contributed by atoms with van der Waals surface area (Å²) >= 11 is 7.44. The van der Waals surface area contributed by atoms with E-state index in [0.717, 1.165) is 10.8 Å². The number of benzene rings is 1. The number of thioether (sulfide) groups is 1. The average molecular weight is 244 g/mol. The molecule has 0 heterocycles. The Bertz CT molecular complexity index is 313. The van der Waals surface area contributed by atoms with Crippen LogP contribution in [0.3, 0.4) is 0 Å². The van der Waals surface area contributed by atoms with Gasteiger partial charge >= 0.3 is 0 Å². The molecule has 0 unspecified atom stereocenters. The fourth-order valence-corrected chi connectivity index (χ4v) is 1.98. The Morgan fingerprint density at radius 2 is 2.07 bits per heavy atom. The highest BCUT2D eigenvalue weighted by molar-refractivity contribution is 7.99. The van der Waals surface area contributed by atoms with Crippen molar-refractivity contribution >= 4 is 29.3 Å². The zero-order valence-corrected chi connectivity index (χ0v) is 10.2. The molecule has 0 saturated heterocycles. The Kier molecular flexibility index (Phi) is 5.58. The summed E-state index contributed by atoms with van der Waals surface area (Å²) in [5.74, 6) is 1.85. The van der Waals surface area contributed by atoms with Crippen LogP contribution in [-0.4, -0.2) is 18.3 Å². The van der Waals surface area contributed by atoms with E-state index in [1.807, 2.05) is 31.2 Å². The molecule has 0 atom stereocenters. The van der Waals surface area contributed by atoms with Crippen LogP contribution in [0.1, 0.15) is 12.5 Å². The molecule has 0 aliphatic heterocycles. The summed E-state index contributed by atoms with van der Waals surface area (Å²) in [6, 6.07) is 7.76. The van der Waals surface area contributed by atoms with Crippen molar-refractivity contribution in [2.45, 2.75) is 12.7 Å². The normalized spacial score (nSPS) is 10.0. The van der Waals surface area contributed by atoms with Gasteiger partial charge in [-0.15, -0.1) is 11.8 Å². The lowest BCUT2D eigenvalue weighted by molar-refractivity contribution is 0.322. The lowest BCUT2D eigenvalue weighted by Gasteiger charge is -2.04. The van der Waals surface area contributed by atoms with Gasteiger partial charge in [-0.2, -0.15) is 0 Å². The lowest BCUT2D eigenvalue weighted by atomic mass is 10.2. The minimum Gasteiger partial charge on any atom is -0.481 e. The molecule has 0 radical (unpaired) electrons. The van der Waals surface area contributed by atoms with Gasteiger partial charge in [-0.25, -0.2) is 0 Å². The van der Waals surface area contributed by atoms with E-state index < -0.39 is 0 Å². The Labute approximate surface area is 99.5 Å². The third kappa shape index (κ3) is 5.09. The molecule has 0 aliphatic carbocycles. The number of ether oxygens (including phenoxy) is 1. The molecule has 82 valence electrons. The Balaban J connectivity index is 2.26. The lowest BCUT2D eigenvalue weighted by Crippen LogP contribution is -2.05. The van der Waals surface area contributed by atoms with Gasteiger partial charge in [0.2, 0.25) is 0 Å². The highest BCUT2D eigenvalue weighted by atomic mass is 35.5. The van der Waals surface area contributed by atoms with Crippen LogP contribution in [0.4, 0.5) is 0 Å². The third-order valence-electron chi connectivity index (χ3n) is 1.73. The Hall–Kier alpha value is -0.670. The highest BCUT2D eigenvalue weighted by Crippen LogP contribution is 2.15. The van der Waals surface area contributed by atoms with E-state index in [0.29, 0.717) is 18.3 Å². The predicted molar refractivity (Wildman–Crippen MR) is 67.0 cm³/mol. The van der Waals surface area contributed by atoms with Crippen LogP contribution >= 0.6 is 23.4 Å². The van der Waals surface area contributed by atoms with Crippen molar-refractivity contribution < 1.29 is 4.74 Å². The second-order valence-electron chi connectivity index (χ2n) is 2.98. The number of nitrogens with one attached hydrogen (secondary N) is 1. The summed E-state index contributed by atoms with van der Waals surface area (Å²) in [6.07, 6.45) is 0. The summed E-state index contributed by atoms with van der Waals surface area (Å²) in [5.41, 5.74) is 1.22. The molecule has 0 bridgehead atoms. The minimum atomic E-state index is 0.344. The molecule has 15 heavy (non-hydrogen) atoms. The maximum Gasteiger partial charge on any atom is 0.190 e. The Morgan fingerprint density at radius 1 is 1.40 bits per heavy atom. The van der Waals surface area contributed by atoms with Gasteiger partial charge in [-0.3, -0.25) is 5.41 Å². The van der Waals surface area contributed by atoms with Gasteiger partial charge in [-0.05, 0) is 24.6 Å². The van der Waals surface area contributed by atoms with Crippen LogP contribution < -0.4 is 0 Å². The molecule has 0 aliphatic rings. The fraction of sp³-hybridized carbons (Fsp3) is 0.364. The molecule has 0 saturated carbocycles. The predicted octanol–water partition coefficient (Wildman–Crippen LogP) is 3.59. The van der Waals surface area contributed by atoms with Crippen LogP contribution in [0, 0.1) is 5.41 Å². The highest BCUT2D eigenvalue weighted by Gasteiger charge is 1.98. The molecule has 0 aromatic heterocycles. The van der Waals surface area contributed by atoms with Gasteiger partial charge in [0.05, 0.1) is 12.4 Å². The van der Waals surface area contributed by atoms with Crippen molar-refractivity contribution in [3.05, 3.63) is 34.9 Å².